The molecule has 0 aliphatic carbocycles. The van der Waals surface area contributed by atoms with Gasteiger partial charge in [-0.15, -0.1) is 0 Å². The number of nitrogens with one attached hydrogen (secondary N) is 2. The van der Waals surface area contributed by atoms with E-state index in [2.05, 4.69) is 10.6 Å². The number of ether oxygens (including phenoxy) is 1. The van der Waals surface area contributed by atoms with Crippen LogP contribution in [0.2, 0.25) is 0 Å². The van der Waals surface area contributed by atoms with Crippen molar-refractivity contribution in [2.24, 2.45) is 17.6 Å². The molecule has 2 amide bonds. The molecule has 8 heteroatoms. The zero-order chi connectivity index (χ0) is 22.8. The molecule has 0 saturated carbocycles. The van der Waals surface area contributed by atoms with Crippen molar-refractivity contribution in [3.05, 3.63) is 35.9 Å². The fraction of sp³-hybridized carbons (Fsp3) is 0.591. The standard InChI is InChI=1S/C22H35N3O5/c1-6-14(4)17(22(29)30-5)24-21(28)18(19(26)15-10-8-7-9-11-15)25-20(27)16(23)12-13(2)3/h7-11,13-14,16-19,26H,6,12,23H2,1-5H3,(H,24,28)(H,25,27)/t14-,16-,17-,18+,19-/m0/s1. The minimum Gasteiger partial charge on any atom is -0.467 e. The lowest BCUT2D eigenvalue weighted by molar-refractivity contribution is -0.147. The summed E-state index contributed by atoms with van der Waals surface area (Å²) < 4.78 is 4.80. The molecule has 0 saturated heterocycles. The topological polar surface area (TPSA) is 131 Å². The third kappa shape index (κ3) is 7.42. The van der Waals surface area contributed by atoms with Crippen LogP contribution < -0.4 is 16.4 Å². The Labute approximate surface area is 178 Å². The molecule has 0 aliphatic rings. The Hall–Kier alpha value is -2.45. The molecule has 8 nitrogen and oxygen atoms in total. The fourth-order valence-corrected chi connectivity index (χ4v) is 3.04. The molecule has 0 aromatic heterocycles. The van der Waals surface area contributed by atoms with E-state index in [9.17, 15) is 19.5 Å². The summed E-state index contributed by atoms with van der Waals surface area (Å²) in [5.41, 5.74) is 6.40. The molecule has 30 heavy (non-hydrogen) atoms. The van der Waals surface area contributed by atoms with Gasteiger partial charge in [-0.3, -0.25) is 9.59 Å². The Kier molecular flexibility index (Phi) is 10.5. The molecule has 5 atom stereocenters. The number of benzene rings is 1. The summed E-state index contributed by atoms with van der Waals surface area (Å²) in [6.07, 6.45) is -0.270. The summed E-state index contributed by atoms with van der Waals surface area (Å²) in [6.45, 7) is 7.56. The molecule has 0 spiro atoms. The summed E-state index contributed by atoms with van der Waals surface area (Å²) in [7, 11) is 1.24. The number of amides is 2. The monoisotopic (exact) mass is 421 g/mol. The van der Waals surface area contributed by atoms with Crippen LogP contribution in [0.25, 0.3) is 0 Å². The van der Waals surface area contributed by atoms with Crippen LogP contribution in [0.3, 0.4) is 0 Å². The van der Waals surface area contributed by atoms with Gasteiger partial charge in [0.25, 0.3) is 0 Å². The van der Waals surface area contributed by atoms with E-state index in [-0.39, 0.29) is 11.8 Å². The Morgan fingerprint density at radius 2 is 1.60 bits per heavy atom. The number of methoxy groups -OCH3 is 1. The number of hydrogen-bond donors (Lipinski definition) is 4. The Bertz CT molecular complexity index is 695. The first-order valence-corrected chi connectivity index (χ1v) is 10.3. The van der Waals surface area contributed by atoms with E-state index in [0.717, 1.165) is 0 Å². The molecule has 1 aromatic carbocycles. The fourth-order valence-electron chi connectivity index (χ4n) is 3.04. The van der Waals surface area contributed by atoms with Crippen LogP contribution in [0.4, 0.5) is 0 Å². The summed E-state index contributed by atoms with van der Waals surface area (Å²) in [5, 5.41) is 16.0. The molecular weight excluding hydrogens is 386 g/mol. The Morgan fingerprint density at radius 1 is 1.03 bits per heavy atom. The lowest BCUT2D eigenvalue weighted by atomic mass is 9.96. The average molecular weight is 422 g/mol. The molecule has 0 bridgehead atoms. The van der Waals surface area contributed by atoms with E-state index in [0.29, 0.717) is 18.4 Å². The lowest BCUT2D eigenvalue weighted by Crippen LogP contribution is -2.57. The maximum atomic E-state index is 13.1. The van der Waals surface area contributed by atoms with Gasteiger partial charge in [0.2, 0.25) is 11.8 Å². The quantitative estimate of drug-likeness (QED) is 0.398. The van der Waals surface area contributed by atoms with Crippen LogP contribution in [0.1, 0.15) is 52.2 Å². The van der Waals surface area contributed by atoms with Crippen molar-refractivity contribution < 1.29 is 24.2 Å². The largest absolute Gasteiger partial charge is 0.467 e. The molecule has 0 fully saturated rings. The summed E-state index contributed by atoms with van der Waals surface area (Å²) in [6, 6.07) is 5.46. The third-order valence-corrected chi connectivity index (χ3v) is 5.07. The van der Waals surface area contributed by atoms with Crippen molar-refractivity contribution in [1.82, 2.24) is 10.6 Å². The normalized spacial score (nSPS) is 16.1. The average Bonchev–Trinajstić information content (AvgIpc) is 2.73. The minimum absolute atomic E-state index is 0.186. The molecule has 5 N–H and O–H groups in total. The number of rotatable bonds is 11. The molecule has 0 unspecified atom stereocenters. The summed E-state index contributed by atoms with van der Waals surface area (Å²) in [4.78, 5) is 37.8. The van der Waals surface area contributed by atoms with Crippen molar-refractivity contribution in [3.63, 3.8) is 0 Å². The summed E-state index contributed by atoms with van der Waals surface area (Å²) >= 11 is 0. The molecule has 0 radical (unpaired) electrons. The van der Waals surface area contributed by atoms with Gasteiger partial charge in [0, 0.05) is 0 Å². The zero-order valence-corrected chi connectivity index (χ0v) is 18.4. The highest BCUT2D eigenvalue weighted by Gasteiger charge is 2.35. The predicted molar refractivity (Wildman–Crippen MR) is 114 cm³/mol. The van der Waals surface area contributed by atoms with Crippen LogP contribution in [-0.4, -0.2) is 48.1 Å². The molecular formula is C22H35N3O5. The van der Waals surface area contributed by atoms with Gasteiger partial charge in [-0.25, -0.2) is 4.79 Å². The van der Waals surface area contributed by atoms with Crippen LogP contribution in [0.15, 0.2) is 30.3 Å². The van der Waals surface area contributed by atoms with Gasteiger partial charge in [-0.2, -0.15) is 0 Å². The number of carbonyl (C=O) groups excluding carboxylic acids is 3. The Balaban J connectivity index is 3.13. The van der Waals surface area contributed by atoms with E-state index < -0.39 is 42.0 Å². The van der Waals surface area contributed by atoms with Crippen molar-refractivity contribution in [2.75, 3.05) is 7.11 Å². The van der Waals surface area contributed by atoms with Crippen LogP contribution in [-0.2, 0) is 19.1 Å². The van der Waals surface area contributed by atoms with Gasteiger partial charge in [-0.1, -0.05) is 64.4 Å². The highest BCUT2D eigenvalue weighted by atomic mass is 16.5. The second-order valence-corrected chi connectivity index (χ2v) is 7.97. The maximum absolute atomic E-state index is 13.1. The van der Waals surface area contributed by atoms with Crippen LogP contribution >= 0.6 is 0 Å². The van der Waals surface area contributed by atoms with Crippen molar-refractivity contribution >= 4 is 17.8 Å². The second kappa shape index (κ2) is 12.3. The highest BCUT2D eigenvalue weighted by molar-refractivity contribution is 5.92. The second-order valence-electron chi connectivity index (χ2n) is 7.97. The predicted octanol–water partition coefficient (Wildman–Crippen LogP) is 1.28. The van der Waals surface area contributed by atoms with Crippen LogP contribution in [0.5, 0.6) is 0 Å². The number of esters is 1. The molecule has 1 rings (SSSR count). The van der Waals surface area contributed by atoms with Gasteiger partial charge in [0.1, 0.15) is 18.2 Å². The first-order chi connectivity index (χ1) is 14.1. The van der Waals surface area contributed by atoms with Crippen molar-refractivity contribution in [3.8, 4) is 0 Å². The number of hydrogen-bond acceptors (Lipinski definition) is 6. The van der Waals surface area contributed by atoms with E-state index >= 15 is 0 Å². The molecule has 0 heterocycles. The van der Waals surface area contributed by atoms with Gasteiger partial charge < -0.3 is 26.2 Å². The first-order valence-electron chi connectivity index (χ1n) is 10.3. The van der Waals surface area contributed by atoms with Crippen LogP contribution in [0, 0.1) is 11.8 Å². The SMILES string of the molecule is CC[C@H](C)[C@H](NC(=O)[C@H](NC(=O)[C@@H](N)CC(C)C)[C@@H](O)c1ccccc1)C(=O)OC. The Morgan fingerprint density at radius 3 is 2.10 bits per heavy atom. The van der Waals surface area contributed by atoms with E-state index in [1.165, 1.54) is 7.11 Å². The maximum Gasteiger partial charge on any atom is 0.328 e. The minimum atomic E-state index is -1.32. The number of carbonyl (C=O) groups is 3. The van der Waals surface area contributed by atoms with E-state index in [1.54, 1.807) is 30.3 Å². The summed E-state index contributed by atoms with van der Waals surface area (Å²) in [5.74, 6) is -1.83. The van der Waals surface area contributed by atoms with Gasteiger partial charge >= 0.3 is 5.97 Å². The first kappa shape index (κ1) is 25.6. The van der Waals surface area contributed by atoms with Gasteiger partial charge in [0.15, 0.2) is 0 Å². The molecule has 168 valence electrons. The smallest absolute Gasteiger partial charge is 0.328 e. The molecule has 1 aromatic rings. The number of nitrogens with two attached hydrogens (primary N) is 1. The zero-order valence-electron chi connectivity index (χ0n) is 18.4. The van der Waals surface area contributed by atoms with E-state index in [1.807, 2.05) is 27.7 Å². The highest BCUT2D eigenvalue weighted by Crippen LogP contribution is 2.18. The third-order valence-electron chi connectivity index (χ3n) is 5.07. The van der Waals surface area contributed by atoms with E-state index in [4.69, 9.17) is 10.5 Å². The number of aliphatic hydroxyl groups excluding tert-OH is 1. The van der Waals surface area contributed by atoms with Gasteiger partial charge in [-0.05, 0) is 23.8 Å². The van der Waals surface area contributed by atoms with Crippen molar-refractivity contribution in [1.29, 1.82) is 0 Å². The van der Waals surface area contributed by atoms with Crippen molar-refractivity contribution in [2.45, 2.75) is 64.8 Å². The lowest BCUT2D eigenvalue weighted by Gasteiger charge is -2.28. The van der Waals surface area contributed by atoms with Gasteiger partial charge in [0.05, 0.1) is 13.2 Å². The molecule has 0 aliphatic heterocycles. The number of aliphatic hydroxyl groups is 1.